The van der Waals surface area contributed by atoms with Crippen LogP contribution in [0.2, 0.25) is 0 Å². The molecule has 3 heterocycles. The summed E-state index contributed by atoms with van der Waals surface area (Å²) in [6.45, 7) is 3.91. The van der Waals surface area contributed by atoms with E-state index in [9.17, 15) is 14.7 Å². The zero-order valence-electron chi connectivity index (χ0n) is 18.5. The van der Waals surface area contributed by atoms with Crippen LogP contribution >= 0.6 is 0 Å². The number of fused-ring (bicyclic) bond motifs is 1. The van der Waals surface area contributed by atoms with E-state index in [0.717, 1.165) is 19.3 Å². The van der Waals surface area contributed by atoms with Gasteiger partial charge in [0.05, 0.1) is 12.3 Å². The molecule has 2 unspecified atom stereocenters. The molecule has 3 aromatic heterocycles. The molecule has 0 spiro atoms. The van der Waals surface area contributed by atoms with E-state index in [4.69, 9.17) is 10.7 Å². The monoisotopic (exact) mass is 439 g/mol. The lowest BCUT2D eigenvalue weighted by molar-refractivity contribution is 0.100. The summed E-state index contributed by atoms with van der Waals surface area (Å²) in [5.74, 6) is 0.453. The molecule has 3 aromatic rings. The fourth-order valence-corrected chi connectivity index (χ4v) is 4.39. The number of nitrogens with two attached hydrogens (primary N) is 1. The van der Waals surface area contributed by atoms with Gasteiger partial charge in [-0.15, -0.1) is 0 Å². The maximum Gasteiger partial charge on any atom is 0.274 e. The van der Waals surface area contributed by atoms with Gasteiger partial charge in [0.25, 0.3) is 11.5 Å². The van der Waals surface area contributed by atoms with E-state index in [-0.39, 0.29) is 23.2 Å². The molecule has 1 fully saturated rings. The van der Waals surface area contributed by atoms with Crippen molar-refractivity contribution in [3.05, 3.63) is 46.5 Å². The van der Waals surface area contributed by atoms with Crippen LogP contribution in [0.5, 0.6) is 0 Å². The number of anilines is 3. The van der Waals surface area contributed by atoms with E-state index in [1.54, 1.807) is 29.9 Å². The Bertz CT molecular complexity index is 1200. The number of aliphatic hydroxyl groups is 1. The summed E-state index contributed by atoms with van der Waals surface area (Å²) >= 11 is 0. The van der Waals surface area contributed by atoms with E-state index in [2.05, 4.69) is 10.4 Å². The zero-order valence-corrected chi connectivity index (χ0v) is 18.5. The van der Waals surface area contributed by atoms with Crippen molar-refractivity contribution < 1.29 is 9.90 Å². The minimum atomic E-state index is -0.631. The van der Waals surface area contributed by atoms with Gasteiger partial charge in [-0.2, -0.15) is 9.61 Å². The number of aromatic nitrogens is 4. The van der Waals surface area contributed by atoms with Crippen molar-refractivity contribution in [2.75, 3.05) is 17.3 Å². The van der Waals surface area contributed by atoms with Crippen LogP contribution in [0, 0.1) is 0 Å². The van der Waals surface area contributed by atoms with Crippen molar-refractivity contribution in [2.24, 2.45) is 5.73 Å². The fraction of sp³-hybridized carbons (Fsp3) is 0.455. The summed E-state index contributed by atoms with van der Waals surface area (Å²) < 4.78 is 3.18. The highest BCUT2D eigenvalue weighted by Crippen LogP contribution is 2.34. The van der Waals surface area contributed by atoms with E-state index in [1.165, 1.54) is 10.7 Å². The van der Waals surface area contributed by atoms with Crippen LogP contribution in [-0.4, -0.2) is 49.4 Å². The number of nitrogens with zero attached hydrogens (tertiary/aromatic N) is 5. The highest BCUT2D eigenvalue weighted by molar-refractivity contribution is 5.99. The standard InChI is InChI=1S/C22H29N7O3/c1-13(2)27-9-5-8-17(22(27)32)28(14-6-4-7-15(30)10-14)19-11-18(24-3)29-21(26-19)16(12-25-29)20(23)31/h5,8-9,11-15,24,30H,4,6-7,10H2,1-3H3,(H2,23,31). The third-order valence-corrected chi connectivity index (χ3v) is 5.98. The van der Waals surface area contributed by atoms with Crippen molar-refractivity contribution in [1.29, 1.82) is 0 Å². The lowest BCUT2D eigenvalue weighted by atomic mass is 9.91. The van der Waals surface area contributed by atoms with E-state index < -0.39 is 12.0 Å². The van der Waals surface area contributed by atoms with Crippen LogP contribution < -0.4 is 21.5 Å². The van der Waals surface area contributed by atoms with Crippen molar-refractivity contribution in [1.82, 2.24) is 19.2 Å². The Morgan fingerprint density at radius 3 is 2.81 bits per heavy atom. The van der Waals surface area contributed by atoms with Gasteiger partial charge >= 0.3 is 0 Å². The average molecular weight is 440 g/mol. The first-order chi connectivity index (χ1) is 15.3. The molecule has 10 heteroatoms. The molecular weight excluding hydrogens is 410 g/mol. The Labute approximate surface area is 185 Å². The molecule has 1 aliphatic carbocycles. The van der Waals surface area contributed by atoms with Gasteiger partial charge in [-0.25, -0.2) is 4.98 Å². The molecular formula is C22H29N7O3. The van der Waals surface area contributed by atoms with Crippen molar-refractivity contribution in [3.8, 4) is 0 Å². The van der Waals surface area contributed by atoms with Crippen molar-refractivity contribution in [2.45, 2.75) is 57.7 Å². The van der Waals surface area contributed by atoms with Gasteiger partial charge in [0, 0.05) is 31.4 Å². The van der Waals surface area contributed by atoms with Crippen LogP contribution in [-0.2, 0) is 0 Å². The molecule has 1 aliphatic rings. The molecule has 2 atom stereocenters. The second-order valence-electron chi connectivity index (χ2n) is 8.45. The number of rotatable bonds is 6. The summed E-state index contributed by atoms with van der Waals surface area (Å²) in [4.78, 5) is 32.0. The first-order valence-corrected chi connectivity index (χ1v) is 10.9. The Kier molecular flexibility index (Phi) is 5.88. The van der Waals surface area contributed by atoms with Gasteiger partial charge in [-0.1, -0.05) is 0 Å². The molecule has 0 radical (unpaired) electrons. The van der Waals surface area contributed by atoms with Crippen molar-refractivity contribution >= 4 is 28.9 Å². The molecule has 0 bridgehead atoms. The van der Waals surface area contributed by atoms with Gasteiger partial charge in [-0.3, -0.25) is 9.59 Å². The topological polar surface area (TPSA) is 131 Å². The van der Waals surface area contributed by atoms with Crippen LogP contribution in [0.1, 0.15) is 55.9 Å². The number of aliphatic hydroxyl groups excluding tert-OH is 1. The molecule has 0 aromatic carbocycles. The molecule has 1 saturated carbocycles. The lowest BCUT2D eigenvalue weighted by Crippen LogP contribution is -2.41. The Morgan fingerprint density at radius 2 is 2.16 bits per heavy atom. The molecule has 4 N–H and O–H groups in total. The average Bonchev–Trinajstić information content (AvgIpc) is 3.19. The Hall–Kier alpha value is -3.40. The first kappa shape index (κ1) is 21.8. The van der Waals surface area contributed by atoms with E-state index >= 15 is 0 Å². The highest BCUT2D eigenvalue weighted by atomic mass is 16.3. The van der Waals surface area contributed by atoms with Gasteiger partial charge < -0.3 is 25.6 Å². The Balaban J connectivity index is 1.96. The second-order valence-corrected chi connectivity index (χ2v) is 8.45. The minimum Gasteiger partial charge on any atom is -0.393 e. The number of primary amides is 1. The van der Waals surface area contributed by atoms with Gasteiger partial charge in [-0.05, 0) is 51.7 Å². The number of hydrogen-bond acceptors (Lipinski definition) is 7. The number of nitrogens with one attached hydrogen (secondary N) is 1. The van der Waals surface area contributed by atoms with Crippen LogP contribution in [0.15, 0.2) is 35.4 Å². The summed E-state index contributed by atoms with van der Waals surface area (Å²) in [5, 5.41) is 17.7. The van der Waals surface area contributed by atoms with E-state index in [0.29, 0.717) is 29.4 Å². The number of hydrogen-bond donors (Lipinski definition) is 3. The van der Waals surface area contributed by atoms with Gasteiger partial charge in [0.1, 0.15) is 22.9 Å². The molecule has 0 saturated heterocycles. The molecule has 0 aliphatic heterocycles. The third kappa shape index (κ3) is 3.81. The maximum atomic E-state index is 13.4. The molecule has 170 valence electrons. The molecule has 32 heavy (non-hydrogen) atoms. The van der Waals surface area contributed by atoms with Crippen LogP contribution in [0.25, 0.3) is 5.65 Å². The quantitative estimate of drug-likeness (QED) is 0.536. The largest absolute Gasteiger partial charge is 0.393 e. The number of pyridine rings is 1. The lowest BCUT2D eigenvalue weighted by Gasteiger charge is -2.37. The SMILES string of the molecule is CNc1cc(N(c2cccn(C(C)C)c2=O)C2CCCC(O)C2)nc2c(C(N)=O)cnn12. The fourth-order valence-electron chi connectivity index (χ4n) is 4.39. The molecule has 10 nitrogen and oxygen atoms in total. The number of carbonyl (C=O) groups excluding carboxylic acids is 1. The number of carbonyl (C=O) groups is 1. The maximum absolute atomic E-state index is 13.4. The van der Waals surface area contributed by atoms with Crippen LogP contribution in [0.3, 0.4) is 0 Å². The smallest absolute Gasteiger partial charge is 0.274 e. The normalized spacial score (nSPS) is 18.8. The van der Waals surface area contributed by atoms with E-state index in [1.807, 2.05) is 24.8 Å². The Morgan fingerprint density at radius 1 is 1.38 bits per heavy atom. The summed E-state index contributed by atoms with van der Waals surface area (Å²) in [6, 6.07) is 5.26. The third-order valence-electron chi connectivity index (χ3n) is 5.98. The summed E-state index contributed by atoms with van der Waals surface area (Å²) in [6.07, 6.45) is 5.60. The highest BCUT2D eigenvalue weighted by Gasteiger charge is 2.31. The van der Waals surface area contributed by atoms with Gasteiger partial charge in [0.15, 0.2) is 5.65 Å². The predicted octanol–water partition coefficient (Wildman–Crippen LogP) is 2.05. The zero-order chi connectivity index (χ0) is 23.0. The van der Waals surface area contributed by atoms with Crippen LogP contribution in [0.4, 0.5) is 17.3 Å². The second kappa shape index (κ2) is 8.62. The first-order valence-electron chi connectivity index (χ1n) is 10.9. The molecule has 4 rings (SSSR count). The summed E-state index contributed by atoms with van der Waals surface area (Å²) in [5.41, 5.74) is 6.37. The molecule has 1 amide bonds. The van der Waals surface area contributed by atoms with Crippen molar-refractivity contribution in [3.63, 3.8) is 0 Å². The predicted molar refractivity (Wildman–Crippen MR) is 123 cm³/mol. The minimum absolute atomic E-state index is 0.0131. The number of amides is 1. The summed E-state index contributed by atoms with van der Waals surface area (Å²) in [7, 11) is 1.74. The van der Waals surface area contributed by atoms with Gasteiger partial charge in [0.2, 0.25) is 0 Å².